The number of aromatic nitrogens is 1. The van der Waals surface area contributed by atoms with E-state index in [1.54, 1.807) is 6.07 Å². The molecule has 1 rings (SSSR count). The monoisotopic (exact) mass is 182 g/mol. The van der Waals surface area contributed by atoms with Crippen LogP contribution in [0.2, 0.25) is 0 Å². The molecule has 0 spiro atoms. The van der Waals surface area contributed by atoms with Crippen LogP contribution in [0.25, 0.3) is 0 Å². The maximum absolute atomic E-state index is 10.9. The minimum Gasteiger partial charge on any atom is -0.618 e. The summed E-state index contributed by atoms with van der Waals surface area (Å²) in [4.78, 5) is 10.5. The fourth-order valence-electron chi connectivity index (χ4n) is 0.684. The summed E-state index contributed by atoms with van der Waals surface area (Å²) in [5, 5.41) is 18.5. The summed E-state index contributed by atoms with van der Waals surface area (Å²) in [5.74, 6) is 0. The predicted molar refractivity (Wildman–Crippen MR) is 40.3 cm³/mol. The van der Waals surface area contributed by atoms with E-state index in [1.807, 2.05) is 0 Å². The van der Waals surface area contributed by atoms with Gasteiger partial charge in [-0.25, -0.2) is 0 Å². The lowest BCUT2D eigenvalue weighted by atomic mass is 10.3. The fraction of sp³-hybridized carbons (Fsp3) is 0. The molecule has 0 aromatic carbocycles. The van der Waals surface area contributed by atoms with Crippen LogP contribution in [0.3, 0.4) is 0 Å². The molecule has 5 heteroatoms. The van der Waals surface area contributed by atoms with Gasteiger partial charge in [-0.15, -0.1) is 0 Å². The molecule has 0 saturated carbocycles. The van der Waals surface area contributed by atoms with E-state index in [-0.39, 0.29) is 11.3 Å². The molecule has 1 heterocycles. The topological polar surface area (TPSA) is 67.8 Å². The van der Waals surface area contributed by atoms with E-state index in [9.17, 15) is 10.0 Å². The summed E-state index contributed by atoms with van der Waals surface area (Å²) in [6.07, 6.45) is 0.966. The molecule has 0 atom stereocenters. The van der Waals surface area contributed by atoms with Crippen LogP contribution in [-0.4, -0.2) is 5.24 Å². The van der Waals surface area contributed by atoms with Gasteiger partial charge in [-0.3, -0.25) is 4.79 Å². The Labute approximate surface area is 73.2 Å². The molecule has 0 fully saturated rings. The third kappa shape index (κ3) is 1.52. The van der Waals surface area contributed by atoms with E-state index in [2.05, 4.69) is 0 Å². The van der Waals surface area contributed by atoms with Gasteiger partial charge in [0.15, 0.2) is 12.3 Å². The molecule has 0 bridgehead atoms. The molecule has 0 saturated heterocycles. The van der Waals surface area contributed by atoms with Crippen LogP contribution in [-0.2, 0) is 0 Å². The number of pyridine rings is 1. The van der Waals surface area contributed by atoms with Crippen molar-refractivity contribution in [2.45, 2.75) is 0 Å². The highest BCUT2D eigenvalue weighted by atomic mass is 35.5. The first-order chi connectivity index (χ1) is 5.65. The highest BCUT2D eigenvalue weighted by molar-refractivity contribution is 6.67. The zero-order chi connectivity index (χ0) is 9.14. The maximum atomic E-state index is 10.9. The Balaban J connectivity index is 3.21. The summed E-state index contributed by atoms with van der Waals surface area (Å²) >= 11 is 5.10. The van der Waals surface area contributed by atoms with Gasteiger partial charge >= 0.3 is 0 Å². The SMILES string of the molecule is N#Cc1ccc(C(=O)Cl)c[n+]1[O-]. The van der Waals surface area contributed by atoms with E-state index < -0.39 is 5.24 Å². The first-order valence-corrected chi connectivity index (χ1v) is 3.36. The zero-order valence-corrected chi connectivity index (χ0v) is 6.58. The van der Waals surface area contributed by atoms with Crippen molar-refractivity contribution < 1.29 is 9.52 Å². The maximum Gasteiger partial charge on any atom is 0.294 e. The van der Waals surface area contributed by atoms with E-state index in [1.165, 1.54) is 12.1 Å². The van der Waals surface area contributed by atoms with Crippen molar-refractivity contribution in [2.75, 3.05) is 0 Å². The first kappa shape index (κ1) is 8.50. The molecule has 0 unspecified atom stereocenters. The van der Waals surface area contributed by atoms with Gasteiger partial charge in [0.05, 0.1) is 5.56 Å². The molecule has 0 amide bonds. The number of carbonyl (C=O) groups is 1. The van der Waals surface area contributed by atoms with Crippen molar-refractivity contribution in [3.63, 3.8) is 0 Å². The second-order valence-corrected chi connectivity index (χ2v) is 2.36. The van der Waals surface area contributed by atoms with Crippen LogP contribution in [0.1, 0.15) is 16.1 Å². The Bertz CT molecular complexity index is 370. The highest BCUT2D eigenvalue weighted by Crippen LogP contribution is 2.01. The van der Waals surface area contributed by atoms with Gasteiger partial charge in [0, 0.05) is 6.07 Å². The summed E-state index contributed by atoms with van der Waals surface area (Å²) < 4.78 is 0.301. The second kappa shape index (κ2) is 3.20. The number of hydrogen-bond donors (Lipinski definition) is 0. The molecular weight excluding hydrogens is 180 g/mol. The summed E-state index contributed by atoms with van der Waals surface area (Å²) in [6, 6.07) is 4.22. The van der Waals surface area contributed by atoms with Crippen LogP contribution in [0.4, 0.5) is 0 Å². The van der Waals surface area contributed by atoms with E-state index >= 15 is 0 Å². The van der Waals surface area contributed by atoms with E-state index in [4.69, 9.17) is 16.9 Å². The van der Waals surface area contributed by atoms with Gasteiger partial charge in [-0.1, -0.05) is 0 Å². The number of rotatable bonds is 1. The minimum absolute atomic E-state index is 0.0725. The van der Waals surface area contributed by atoms with Gasteiger partial charge in [-0.05, 0) is 17.7 Å². The number of nitriles is 1. The molecule has 12 heavy (non-hydrogen) atoms. The van der Waals surface area contributed by atoms with Crippen LogP contribution < -0.4 is 4.73 Å². The van der Waals surface area contributed by atoms with Crippen LogP contribution in [0.5, 0.6) is 0 Å². The van der Waals surface area contributed by atoms with Gasteiger partial charge in [0.1, 0.15) is 0 Å². The third-order valence-corrected chi connectivity index (χ3v) is 1.47. The predicted octanol–water partition coefficient (Wildman–Crippen LogP) is 0.571. The van der Waals surface area contributed by atoms with Crippen LogP contribution >= 0.6 is 11.6 Å². The molecule has 4 nitrogen and oxygen atoms in total. The van der Waals surface area contributed by atoms with Crippen LogP contribution in [0.15, 0.2) is 18.3 Å². The molecular formula is C7H3ClN2O2. The minimum atomic E-state index is -0.718. The normalized spacial score (nSPS) is 9.00. The molecule has 1 aromatic rings. The third-order valence-electron chi connectivity index (χ3n) is 1.26. The van der Waals surface area contributed by atoms with Crippen molar-refractivity contribution in [3.05, 3.63) is 34.8 Å². The Morgan fingerprint density at radius 1 is 1.67 bits per heavy atom. The lowest BCUT2D eigenvalue weighted by Crippen LogP contribution is -2.30. The average Bonchev–Trinajstić information content (AvgIpc) is 2.04. The van der Waals surface area contributed by atoms with Crippen LogP contribution in [0, 0.1) is 16.5 Å². The summed E-state index contributed by atoms with van der Waals surface area (Å²) in [7, 11) is 0. The zero-order valence-electron chi connectivity index (χ0n) is 5.82. The Morgan fingerprint density at radius 2 is 2.33 bits per heavy atom. The molecule has 0 N–H and O–H groups in total. The number of hydrogen-bond acceptors (Lipinski definition) is 3. The highest BCUT2D eigenvalue weighted by Gasteiger charge is 2.09. The van der Waals surface area contributed by atoms with Gasteiger partial charge < -0.3 is 5.21 Å². The smallest absolute Gasteiger partial charge is 0.294 e. The Morgan fingerprint density at radius 3 is 2.75 bits per heavy atom. The van der Waals surface area contributed by atoms with Crippen molar-refractivity contribution in [1.82, 2.24) is 0 Å². The average molecular weight is 183 g/mol. The second-order valence-electron chi connectivity index (χ2n) is 2.01. The Hall–Kier alpha value is -1.60. The van der Waals surface area contributed by atoms with E-state index in [0.29, 0.717) is 4.73 Å². The molecule has 0 aliphatic heterocycles. The largest absolute Gasteiger partial charge is 0.618 e. The fourth-order valence-corrected chi connectivity index (χ4v) is 0.796. The summed E-state index contributed by atoms with van der Waals surface area (Å²) in [5.41, 5.74) is 0.00216. The molecule has 0 aliphatic rings. The summed E-state index contributed by atoms with van der Waals surface area (Å²) in [6.45, 7) is 0. The number of nitrogens with zero attached hydrogens (tertiary/aromatic N) is 2. The molecule has 1 aromatic heterocycles. The molecule has 0 radical (unpaired) electrons. The number of halogens is 1. The van der Waals surface area contributed by atoms with Crippen molar-refractivity contribution in [3.8, 4) is 6.07 Å². The lowest BCUT2D eigenvalue weighted by Gasteiger charge is -1.97. The Kier molecular flexibility index (Phi) is 2.26. The lowest BCUT2D eigenvalue weighted by molar-refractivity contribution is -0.608. The first-order valence-electron chi connectivity index (χ1n) is 2.98. The number of carbonyl (C=O) groups excluding carboxylic acids is 1. The van der Waals surface area contributed by atoms with E-state index in [0.717, 1.165) is 6.20 Å². The van der Waals surface area contributed by atoms with Crippen molar-refractivity contribution in [1.29, 1.82) is 5.26 Å². The van der Waals surface area contributed by atoms with Crippen molar-refractivity contribution in [2.24, 2.45) is 0 Å². The molecule has 60 valence electrons. The van der Waals surface area contributed by atoms with Gasteiger partial charge in [0.2, 0.25) is 0 Å². The quantitative estimate of drug-likeness (QED) is 0.362. The van der Waals surface area contributed by atoms with Gasteiger partial charge in [-0.2, -0.15) is 9.99 Å². The molecule has 0 aliphatic carbocycles. The van der Waals surface area contributed by atoms with Gasteiger partial charge in [0.25, 0.3) is 10.9 Å². The van der Waals surface area contributed by atoms with Crippen molar-refractivity contribution >= 4 is 16.8 Å². The standard InChI is InChI=1S/C7H3ClN2O2/c8-7(11)5-1-2-6(3-9)10(12)4-5/h1-2,4H.